The molecular weight excluding hydrogens is 345 g/mol. The molecule has 1 aliphatic rings. The Bertz CT molecular complexity index is 1200. The molecule has 0 atom stereocenters. The summed E-state index contributed by atoms with van der Waals surface area (Å²) in [4.78, 5) is 4.24. The van der Waals surface area contributed by atoms with E-state index in [1.165, 1.54) is 12.1 Å². The second-order valence-electron chi connectivity index (χ2n) is 6.35. The smallest absolute Gasteiger partial charge is 0.144 e. The zero-order valence-electron chi connectivity index (χ0n) is 14.3. The summed E-state index contributed by atoms with van der Waals surface area (Å²) in [6.45, 7) is 1.73. The van der Waals surface area contributed by atoms with Crippen LogP contribution in [-0.2, 0) is 17.9 Å². The van der Waals surface area contributed by atoms with Crippen molar-refractivity contribution in [2.24, 2.45) is 0 Å². The first-order valence-corrected chi connectivity index (χ1v) is 8.55. The van der Waals surface area contributed by atoms with Crippen LogP contribution in [0.4, 0.5) is 4.39 Å². The van der Waals surface area contributed by atoms with Crippen molar-refractivity contribution in [3.63, 3.8) is 0 Å². The Morgan fingerprint density at radius 1 is 1.11 bits per heavy atom. The third kappa shape index (κ3) is 2.50. The predicted molar refractivity (Wildman–Crippen MR) is 96.2 cm³/mol. The van der Waals surface area contributed by atoms with E-state index < -0.39 is 0 Å². The number of pyridine rings is 1. The molecule has 7 heteroatoms. The molecule has 0 fully saturated rings. The van der Waals surface area contributed by atoms with Crippen molar-refractivity contribution >= 4 is 5.65 Å². The molecule has 1 aromatic carbocycles. The number of rotatable bonds is 2. The van der Waals surface area contributed by atoms with E-state index in [-0.39, 0.29) is 5.82 Å². The summed E-state index contributed by atoms with van der Waals surface area (Å²) in [7, 11) is 0. The summed E-state index contributed by atoms with van der Waals surface area (Å²) in [6.07, 6.45) is 3.44. The van der Waals surface area contributed by atoms with Crippen molar-refractivity contribution in [3.8, 4) is 28.5 Å². The SMILES string of the molecule is N#Cc1cnc2ccc(-c3c(-c4ccc(F)cc4)nn4c3COCC4)cn12. The van der Waals surface area contributed by atoms with E-state index in [1.54, 1.807) is 22.7 Å². The van der Waals surface area contributed by atoms with Crippen LogP contribution in [0.15, 0.2) is 48.8 Å². The van der Waals surface area contributed by atoms with Crippen LogP contribution in [-0.4, -0.2) is 25.8 Å². The summed E-state index contributed by atoms with van der Waals surface area (Å²) < 4.78 is 22.7. The van der Waals surface area contributed by atoms with Crippen LogP contribution in [0.1, 0.15) is 11.4 Å². The number of benzene rings is 1. The number of imidazole rings is 1. The number of halogens is 1. The summed E-state index contributed by atoms with van der Waals surface area (Å²) in [5.74, 6) is -0.286. The Hall–Kier alpha value is -3.50. The molecule has 0 saturated heterocycles. The van der Waals surface area contributed by atoms with Crippen LogP contribution in [0.25, 0.3) is 28.0 Å². The van der Waals surface area contributed by atoms with E-state index in [9.17, 15) is 9.65 Å². The Balaban J connectivity index is 1.76. The number of aromatic nitrogens is 4. The van der Waals surface area contributed by atoms with Gasteiger partial charge in [0.05, 0.1) is 31.6 Å². The largest absolute Gasteiger partial charge is 0.373 e. The lowest BCUT2D eigenvalue weighted by atomic mass is 10.00. The summed E-state index contributed by atoms with van der Waals surface area (Å²) in [6, 6.07) is 12.3. The Labute approximate surface area is 154 Å². The molecule has 3 aromatic heterocycles. The van der Waals surface area contributed by atoms with E-state index in [0.717, 1.165) is 28.1 Å². The van der Waals surface area contributed by atoms with Crippen molar-refractivity contribution in [2.45, 2.75) is 13.2 Å². The monoisotopic (exact) mass is 359 g/mol. The highest BCUT2D eigenvalue weighted by Crippen LogP contribution is 2.36. The highest BCUT2D eigenvalue weighted by molar-refractivity contribution is 5.83. The van der Waals surface area contributed by atoms with Gasteiger partial charge in [0.2, 0.25) is 0 Å². The standard InChI is InChI=1S/C20H14FN5O/c21-15-4-1-13(2-5-15)20-19(17-12-27-8-7-26(17)24-20)14-3-6-18-23-10-16(9-22)25(18)11-14/h1-6,10-11H,7-8,12H2. The fourth-order valence-corrected chi connectivity index (χ4v) is 3.47. The van der Waals surface area contributed by atoms with Gasteiger partial charge < -0.3 is 4.74 Å². The topological polar surface area (TPSA) is 68.1 Å². The number of hydrogen-bond acceptors (Lipinski definition) is 4. The molecule has 0 radical (unpaired) electrons. The number of nitrogens with zero attached hydrogens (tertiary/aromatic N) is 5. The van der Waals surface area contributed by atoms with E-state index in [2.05, 4.69) is 11.1 Å². The maximum Gasteiger partial charge on any atom is 0.144 e. The van der Waals surface area contributed by atoms with Crippen LogP contribution in [0, 0.1) is 17.1 Å². The van der Waals surface area contributed by atoms with Gasteiger partial charge in [-0.05, 0) is 36.4 Å². The molecule has 0 spiro atoms. The fourth-order valence-electron chi connectivity index (χ4n) is 3.47. The van der Waals surface area contributed by atoms with Gasteiger partial charge in [0.15, 0.2) is 0 Å². The molecule has 0 N–H and O–H groups in total. The quantitative estimate of drug-likeness (QED) is 0.550. The van der Waals surface area contributed by atoms with Gasteiger partial charge in [0, 0.05) is 22.9 Å². The maximum atomic E-state index is 13.4. The lowest BCUT2D eigenvalue weighted by Gasteiger charge is -2.15. The molecule has 132 valence electrons. The molecule has 0 unspecified atom stereocenters. The van der Waals surface area contributed by atoms with Gasteiger partial charge in [-0.15, -0.1) is 0 Å². The average molecular weight is 359 g/mol. The molecule has 4 heterocycles. The number of fused-ring (bicyclic) bond motifs is 2. The van der Waals surface area contributed by atoms with E-state index in [1.807, 2.05) is 23.0 Å². The van der Waals surface area contributed by atoms with Gasteiger partial charge in [-0.1, -0.05) is 0 Å². The maximum absolute atomic E-state index is 13.4. The average Bonchev–Trinajstić information content (AvgIpc) is 3.29. The Morgan fingerprint density at radius 2 is 1.93 bits per heavy atom. The first-order valence-electron chi connectivity index (χ1n) is 8.55. The van der Waals surface area contributed by atoms with Gasteiger partial charge in [0.1, 0.15) is 28.9 Å². The molecule has 0 amide bonds. The normalized spacial score (nSPS) is 13.5. The van der Waals surface area contributed by atoms with Crippen LogP contribution in [0.2, 0.25) is 0 Å². The van der Waals surface area contributed by atoms with Crippen molar-refractivity contribution < 1.29 is 9.13 Å². The zero-order valence-corrected chi connectivity index (χ0v) is 14.3. The number of ether oxygens (including phenoxy) is 1. The second-order valence-corrected chi connectivity index (χ2v) is 6.35. The Morgan fingerprint density at radius 3 is 2.74 bits per heavy atom. The zero-order chi connectivity index (χ0) is 18.4. The van der Waals surface area contributed by atoms with Crippen LogP contribution < -0.4 is 0 Å². The van der Waals surface area contributed by atoms with Gasteiger partial charge in [-0.3, -0.25) is 9.08 Å². The summed E-state index contributed by atoms with van der Waals surface area (Å²) in [5.41, 5.74) is 5.58. The molecule has 1 aliphatic heterocycles. The van der Waals surface area contributed by atoms with Crippen molar-refractivity contribution in [2.75, 3.05) is 6.61 Å². The highest BCUT2D eigenvalue weighted by atomic mass is 19.1. The third-order valence-corrected chi connectivity index (χ3v) is 4.77. The summed E-state index contributed by atoms with van der Waals surface area (Å²) >= 11 is 0. The predicted octanol–water partition coefficient (Wildman–Crippen LogP) is 3.41. The molecule has 5 rings (SSSR count). The molecule has 0 saturated carbocycles. The third-order valence-electron chi connectivity index (χ3n) is 4.77. The van der Waals surface area contributed by atoms with Crippen LogP contribution in [0.5, 0.6) is 0 Å². The minimum atomic E-state index is -0.286. The van der Waals surface area contributed by atoms with Crippen molar-refractivity contribution in [1.82, 2.24) is 19.2 Å². The molecule has 4 aromatic rings. The lowest BCUT2D eigenvalue weighted by molar-refractivity contribution is 0.0805. The minimum absolute atomic E-state index is 0.286. The second kappa shape index (κ2) is 6.04. The Kier molecular flexibility index (Phi) is 3.52. The van der Waals surface area contributed by atoms with Gasteiger partial charge in [-0.2, -0.15) is 10.4 Å². The molecule has 0 bridgehead atoms. The summed E-state index contributed by atoms with van der Waals surface area (Å²) in [5, 5.41) is 14.1. The number of nitriles is 1. The van der Waals surface area contributed by atoms with Gasteiger partial charge >= 0.3 is 0 Å². The van der Waals surface area contributed by atoms with Gasteiger partial charge in [-0.25, -0.2) is 9.37 Å². The van der Waals surface area contributed by atoms with E-state index >= 15 is 0 Å². The van der Waals surface area contributed by atoms with Crippen LogP contribution >= 0.6 is 0 Å². The fraction of sp³-hybridized carbons (Fsp3) is 0.150. The van der Waals surface area contributed by atoms with Crippen molar-refractivity contribution in [1.29, 1.82) is 5.26 Å². The van der Waals surface area contributed by atoms with E-state index in [0.29, 0.717) is 31.1 Å². The van der Waals surface area contributed by atoms with Gasteiger partial charge in [0.25, 0.3) is 0 Å². The minimum Gasteiger partial charge on any atom is -0.373 e. The van der Waals surface area contributed by atoms with Crippen LogP contribution in [0.3, 0.4) is 0 Å². The molecule has 27 heavy (non-hydrogen) atoms. The first kappa shape index (κ1) is 15.7. The van der Waals surface area contributed by atoms with E-state index in [4.69, 9.17) is 9.84 Å². The highest BCUT2D eigenvalue weighted by Gasteiger charge is 2.23. The first-order chi connectivity index (χ1) is 13.2. The molecule has 6 nitrogen and oxygen atoms in total. The molecule has 0 aliphatic carbocycles. The van der Waals surface area contributed by atoms with Crippen molar-refractivity contribution in [3.05, 3.63) is 66.0 Å². The number of hydrogen-bond donors (Lipinski definition) is 0. The lowest BCUT2D eigenvalue weighted by Crippen LogP contribution is -2.17. The molecular formula is C20H14FN5O.